The zero-order valence-corrected chi connectivity index (χ0v) is 2.65. The number of hydrogen-bond acceptors (Lipinski definition) is 2. The highest BCUT2D eigenvalue weighted by Gasteiger charge is 1.23. The van der Waals surface area contributed by atoms with Gasteiger partial charge in [0.25, 0.3) is 0 Å². The van der Waals surface area contributed by atoms with Crippen LogP contribution in [-0.4, -0.2) is 7.85 Å². The second kappa shape index (κ2) is 21.8. The van der Waals surface area contributed by atoms with Crippen LogP contribution in [0.3, 0.4) is 0 Å². The summed E-state index contributed by atoms with van der Waals surface area (Å²) < 4.78 is 0. The Bertz CT molecular complexity index is 27.5. The van der Waals surface area contributed by atoms with Crippen LogP contribution < -0.4 is 6.15 Å². The molecule has 0 aliphatic heterocycles. The lowest BCUT2D eigenvalue weighted by Crippen LogP contribution is -1.32. The molecule has 0 atom stereocenters. The maximum atomic E-state index is 7.32. The molecule has 0 unspecified atom stereocenters. The van der Waals surface area contributed by atoms with Crippen molar-refractivity contribution < 1.29 is 0 Å². The highest BCUT2D eigenvalue weighted by Crippen LogP contribution is 1.04. The first kappa shape index (κ1) is 9.69. The van der Waals surface area contributed by atoms with Crippen LogP contribution in [0.15, 0.2) is 0 Å². The van der Waals surface area contributed by atoms with Crippen molar-refractivity contribution in [3.63, 3.8) is 0 Å². The molecule has 2 nitrogen and oxygen atoms in total. The molecule has 0 saturated heterocycles. The zero-order valence-electron chi connectivity index (χ0n) is 2.65. The van der Waals surface area contributed by atoms with Gasteiger partial charge in [-0.3, -0.25) is 0 Å². The molecule has 0 spiro atoms. The monoisotopic (exact) mass is 56.1 g/mol. The Morgan fingerprint density at radius 2 is 1.75 bits per heavy atom. The molecule has 0 fully saturated rings. The minimum absolute atomic E-state index is 0. The molecule has 0 radical (unpaired) electrons. The van der Waals surface area contributed by atoms with Crippen molar-refractivity contribution in [3.05, 3.63) is 0 Å². The molecule has 4 heavy (non-hydrogen) atoms. The van der Waals surface area contributed by atoms with E-state index in [1.807, 2.05) is 0 Å². The summed E-state index contributed by atoms with van der Waals surface area (Å²) in [5, 5.41) is 7.32. The fourth-order valence-corrected chi connectivity index (χ4v) is 0. The molecule has 0 aromatic heterocycles. The Hall–Kier alpha value is -0.485. The Labute approximate surface area is 26.4 Å². The van der Waals surface area contributed by atoms with Crippen molar-refractivity contribution in [1.29, 1.82) is 5.26 Å². The fourth-order valence-electron chi connectivity index (χ4n) is 0. The molecule has 0 saturated carbocycles. The SMILES string of the molecule is BC#N.N. The fraction of sp³-hybridized carbons (Fsp3) is 0. The predicted molar refractivity (Wildman–Crippen MR) is 19.2 cm³/mol. The molecule has 0 aromatic rings. The van der Waals surface area contributed by atoms with Crippen LogP contribution in [0, 0.1) is 11.2 Å². The molecule has 0 bridgehead atoms. The van der Waals surface area contributed by atoms with E-state index in [9.17, 15) is 0 Å². The van der Waals surface area contributed by atoms with E-state index in [-0.39, 0.29) is 6.15 Å². The van der Waals surface area contributed by atoms with Gasteiger partial charge in [-0.25, -0.2) is 5.26 Å². The topological polar surface area (TPSA) is 58.8 Å². The predicted octanol–water partition coefficient (Wildman–Crippen LogP) is -0.737. The lowest BCUT2D eigenvalue weighted by atomic mass is 10.2. The first-order chi connectivity index (χ1) is 1.41. The van der Waals surface area contributed by atoms with Gasteiger partial charge >= 0.3 is 0 Å². The molecule has 0 amide bonds. The summed E-state index contributed by atoms with van der Waals surface area (Å²) in [4.78, 5) is 0. The summed E-state index contributed by atoms with van der Waals surface area (Å²) in [6.07, 6.45) is 0. The van der Waals surface area contributed by atoms with E-state index in [4.69, 9.17) is 5.26 Å². The van der Waals surface area contributed by atoms with Crippen molar-refractivity contribution in [3.8, 4) is 5.97 Å². The van der Waals surface area contributed by atoms with Crippen LogP contribution >= 0.6 is 0 Å². The molecule has 0 aliphatic carbocycles. The number of rotatable bonds is 0. The van der Waals surface area contributed by atoms with Crippen molar-refractivity contribution in [2.75, 3.05) is 0 Å². The first-order valence-corrected chi connectivity index (χ1v) is 0.724. The molecule has 0 heterocycles. The van der Waals surface area contributed by atoms with E-state index in [1.54, 1.807) is 5.97 Å². The highest BCUT2D eigenvalue weighted by atomic mass is 14.2. The van der Waals surface area contributed by atoms with Crippen molar-refractivity contribution in [1.82, 2.24) is 6.15 Å². The number of nitrogens with zero attached hydrogens (tertiary/aromatic N) is 1. The van der Waals surface area contributed by atoms with E-state index in [0.717, 1.165) is 0 Å². The number of nitriles is 1. The average molecular weight is 55.9 g/mol. The van der Waals surface area contributed by atoms with Gasteiger partial charge < -0.3 is 6.15 Å². The van der Waals surface area contributed by atoms with Crippen LogP contribution in [0.25, 0.3) is 0 Å². The van der Waals surface area contributed by atoms with Gasteiger partial charge in [0.05, 0.1) is 0 Å². The Balaban J connectivity index is 0. The van der Waals surface area contributed by atoms with Gasteiger partial charge in [0.15, 0.2) is 0 Å². The zero-order chi connectivity index (χ0) is 2.71. The second-order valence-electron chi connectivity index (χ2n) is 0.224. The van der Waals surface area contributed by atoms with Crippen LogP contribution in [0.5, 0.6) is 0 Å². The quantitative estimate of drug-likeness (QED) is 0.371. The molecular weight excluding hydrogens is 50.8 g/mol. The van der Waals surface area contributed by atoms with E-state index < -0.39 is 0 Å². The molecular formula is CH5BN2. The molecule has 0 rings (SSSR count). The Kier molecular flexibility index (Phi) is 52.7. The van der Waals surface area contributed by atoms with E-state index >= 15 is 0 Å². The largest absolute Gasteiger partial charge is 0.344 e. The smallest absolute Gasteiger partial charge is 0.232 e. The van der Waals surface area contributed by atoms with E-state index in [2.05, 4.69) is 0 Å². The standard InChI is InChI=1S/CH2BN.H3N/c2-1-3;/h2H2;1H3. The van der Waals surface area contributed by atoms with Gasteiger partial charge in [-0.15, -0.1) is 0 Å². The number of hydrogen-bond donors (Lipinski definition) is 1. The van der Waals surface area contributed by atoms with Gasteiger partial charge in [0.1, 0.15) is 0 Å². The lowest BCUT2D eigenvalue weighted by molar-refractivity contribution is 1.57. The maximum Gasteiger partial charge on any atom is 0.232 e. The summed E-state index contributed by atoms with van der Waals surface area (Å²) in [6, 6.07) is 0. The first-order valence-electron chi connectivity index (χ1n) is 0.724. The average Bonchev–Trinajstić information content (AvgIpc) is 0.918. The lowest BCUT2D eigenvalue weighted by Gasteiger charge is -1.12. The summed E-state index contributed by atoms with van der Waals surface area (Å²) in [5.74, 6) is 1.75. The van der Waals surface area contributed by atoms with Crippen molar-refractivity contribution in [2.24, 2.45) is 0 Å². The second-order valence-corrected chi connectivity index (χ2v) is 0.224. The minimum atomic E-state index is 0. The highest BCUT2D eigenvalue weighted by molar-refractivity contribution is 6.20. The molecule has 22 valence electrons. The van der Waals surface area contributed by atoms with E-state index in [0.29, 0.717) is 0 Å². The van der Waals surface area contributed by atoms with Crippen molar-refractivity contribution >= 4 is 7.85 Å². The molecule has 0 aliphatic rings. The van der Waals surface area contributed by atoms with Crippen LogP contribution in [0.4, 0.5) is 0 Å². The molecule has 3 heteroatoms. The Morgan fingerprint density at radius 3 is 1.75 bits per heavy atom. The Morgan fingerprint density at radius 1 is 1.75 bits per heavy atom. The van der Waals surface area contributed by atoms with Gasteiger partial charge in [0, 0.05) is 0 Å². The summed E-state index contributed by atoms with van der Waals surface area (Å²) in [7, 11) is 1.43. The molecule has 0 aromatic carbocycles. The van der Waals surface area contributed by atoms with E-state index in [1.165, 1.54) is 7.85 Å². The summed E-state index contributed by atoms with van der Waals surface area (Å²) >= 11 is 0. The third-order valence-corrected chi connectivity index (χ3v) is 0. The normalized spacial score (nSPS) is 1.75. The maximum absolute atomic E-state index is 7.32. The summed E-state index contributed by atoms with van der Waals surface area (Å²) in [5.41, 5.74) is 0. The van der Waals surface area contributed by atoms with Gasteiger partial charge in [-0.05, 0) is 5.97 Å². The van der Waals surface area contributed by atoms with Gasteiger partial charge in [0.2, 0.25) is 7.85 Å². The third-order valence-electron chi connectivity index (χ3n) is 0. The van der Waals surface area contributed by atoms with Gasteiger partial charge in [-0.1, -0.05) is 0 Å². The van der Waals surface area contributed by atoms with Crippen LogP contribution in [0.1, 0.15) is 0 Å². The summed E-state index contributed by atoms with van der Waals surface area (Å²) in [6.45, 7) is 0. The van der Waals surface area contributed by atoms with Gasteiger partial charge in [-0.2, -0.15) is 0 Å². The minimum Gasteiger partial charge on any atom is -0.344 e. The third kappa shape index (κ3) is 1.71. The van der Waals surface area contributed by atoms with Crippen LogP contribution in [0.2, 0.25) is 0 Å². The van der Waals surface area contributed by atoms with Crippen molar-refractivity contribution in [2.45, 2.75) is 0 Å². The van der Waals surface area contributed by atoms with Crippen LogP contribution in [-0.2, 0) is 0 Å². The molecule has 3 N–H and O–H groups in total.